The molecule has 1 heterocycles. The van der Waals surface area contributed by atoms with Crippen molar-refractivity contribution in [3.8, 4) is 11.3 Å². The van der Waals surface area contributed by atoms with Crippen LogP contribution < -0.4 is 5.32 Å². The van der Waals surface area contributed by atoms with Crippen molar-refractivity contribution < 1.29 is 4.42 Å². The van der Waals surface area contributed by atoms with Crippen molar-refractivity contribution in [1.82, 2.24) is 5.32 Å². The van der Waals surface area contributed by atoms with Gasteiger partial charge in [0, 0.05) is 27.0 Å². The van der Waals surface area contributed by atoms with Gasteiger partial charge in [0.25, 0.3) is 0 Å². The standard InChI is InChI=1S/C16H19Br2NO/c1-3-8-19-11(2)9-13-5-7-16(20-13)14-10-12(17)4-6-15(14)18/h4-7,10-11,19H,3,8-9H2,1-2H3. The molecule has 0 amide bonds. The van der Waals surface area contributed by atoms with E-state index < -0.39 is 0 Å². The number of nitrogens with one attached hydrogen (secondary N) is 1. The summed E-state index contributed by atoms with van der Waals surface area (Å²) in [5, 5.41) is 3.47. The fourth-order valence-electron chi connectivity index (χ4n) is 2.08. The van der Waals surface area contributed by atoms with Gasteiger partial charge >= 0.3 is 0 Å². The second kappa shape index (κ2) is 7.43. The molecular formula is C16H19Br2NO. The van der Waals surface area contributed by atoms with Crippen LogP contribution in [-0.4, -0.2) is 12.6 Å². The lowest BCUT2D eigenvalue weighted by atomic mass is 10.2. The van der Waals surface area contributed by atoms with Crippen LogP contribution >= 0.6 is 31.9 Å². The van der Waals surface area contributed by atoms with E-state index in [1.807, 2.05) is 18.2 Å². The number of halogens is 2. The third kappa shape index (κ3) is 4.21. The Morgan fingerprint density at radius 3 is 2.75 bits per heavy atom. The molecule has 0 bridgehead atoms. The molecule has 1 N–H and O–H groups in total. The van der Waals surface area contributed by atoms with Crippen molar-refractivity contribution in [1.29, 1.82) is 0 Å². The van der Waals surface area contributed by atoms with E-state index in [4.69, 9.17) is 4.42 Å². The maximum atomic E-state index is 5.97. The van der Waals surface area contributed by atoms with Crippen LogP contribution in [0.15, 0.2) is 43.7 Å². The molecule has 108 valence electrons. The average Bonchev–Trinajstić information content (AvgIpc) is 2.87. The number of hydrogen-bond acceptors (Lipinski definition) is 2. The molecule has 0 fully saturated rings. The SMILES string of the molecule is CCCNC(C)Cc1ccc(-c2cc(Br)ccc2Br)o1. The molecule has 4 heteroatoms. The summed E-state index contributed by atoms with van der Waals surface area (Å²) in [6, 6.07) is 10.6. The van der Waals surface area contributed by atoms with Crippen molar-refractivity contribution in [2.24, 2.45) is 0 Å². The summed E-state index contributed by atoms with van der Waals surface area (Å²) in [7, 11) is 0. The van der Waals surface area contributed by atoms with Crippen molar-refractivity contribution in [2.75, 3.05) is 6.54 Å². The van der Waals surface area contributed by atoms with Gasteiger partial charge in [0.05, 0.1) is 0 Å². The first-order valence-corrected chi connectivity index (χ1v) is 8.46. The Morgan fingerprint density at radius 1 is 1.20 bits per heavy atom. The molecule has 0 aliphatic heterocycles. The minimum Gasteiger partial charge on any atom is -0.461 e. The summed E-state index contributed by atoms with van der Waals surface area (Å²) in [6.07, 6.45) is 2.06. The highest BCUT2D eigenvalue weighted by Gasteiger charge is 2.11. The maximum absolute atomic E-state index is 5.97. The molecule has 2 rings (SSSR count). The van der Waals surface area contributed by atoms with E-state index >= 15 is 0 Å². The fourth-order valence-corrected chi connectivity index (χ4v) is 2.89. The number of benzene rings is 1. The predicted molar refractivity (Wildman–Crippen MR) is 91.0 cm³/mol. The normalized spacial score (nSPS) is 12.6. The average molecular weight is 401 g/mol. The molecule has 0 aliphatic carbocycles. The highest BCUT2D eigenvalue weighted by Crippen LogP contribution is 2.32. The molecule has 0 saturated heterocycles. The lowest BCUT2D eigenvalue weighted by Crippen LogP contribution is -2.28. The van der Waals surface area contributed by atoms with Crippen LogP contribution in [0.1, 0.15) is 26.0 Å². The second-order valence-electron chi connectivity index (χ2n) is 4.95. The third-order valence-corrected chi connectivity index (χ3v) is 4.29. The summed E-state index contributed by atoms with van der Waals surface area (Å²) in [5.41, 5.74) is 1.07. The molecule has 0 saturated carbocycles. The van der Waals surface area contributed by atoms with Crippen LogP contribution in [0, 0.1) is 0 Å². The zero-order chi connectivity index (χ0) is 14.5. The Hall–Kier alpha value is -0.580. The zero-order valence-corrected chi connectivity index (χ0v) is 14.9. The Kier molecular flexibility index (Phi) is 5.87. The lowest BCUT2D eigenvalue weighted by Gasteiger charge is -2.11. The van der Waals surface area contributed by atoms with Crippen LogP contribution in [0.4, 0.5) is 0 Å². The van der Waals surface area contributed by atoms with E-state index in [0.717, 1.165) is 45.4 Å². The van der Waals surface area contributed by atoms with Crippen LogP contribution in [-0.2, 0) is 6.42 Å². The molecule has 1 aromatic carbocycles. The second-order valence-corrected chi connectivity index (χ2v) is 6.72. The lowest BCUT2D eigenvalue weighted by molar-refractivity contribution is 0.464. The van der Waals surface area contributed by atoms with E-state index in [9.17, 15) is 0 Å². The van der Waals surface area contributed by atoms with Gasteiger partial charge in [0.2, 0.25) is 0 Å². The van der Waals surface area contributed by atoms with Gasteiger partial charge in [-0.15, -0.1) is 0 Å². The first kappa shape index (κ1) is 15.8. The van der Waals surface area contributed by atoms with Crippen molar-refractivity contribution in [2.45, 2.75) is 32.7 Å². The predicted octanol–water partition coefficient (Wildman–Crippen LogP) is 5.40. The monoisotopic (exact) mass is 399 g/mol. The van der Waals surface area contributed by atoms with E-state index in [1.54, 1.807) is 0 Å². The topological polar surface area (TPSA) is 25.2 Å². The summed E-state index contributed by atoms with van der Waals surface area (Å²) >= 11 is 7.06. The van der Waals surface area contributed by atoms with Crippen molar-refractivity contribution in [3.05, 3.63) is 45.0 Å². The third-order valence-electron chi connectivity index (χ3n) is 3.11. The van der Waals surface area contributed by atoms with Gasteiger partial charge in [0.1, 0.15) is 11.5 Å². The molecule has 1 atom stereocenters. The molecular weight excluding hydrogens is 382 g/mol. The Bertz CT molecular complexity index is 565. The van der Waals surface area contributed by atoms with E-state index in [-0.39, 0.29) is 0 Å². The highest BCUT2D eigenvalue weighted by molar-refractivity contribution is 9.11. The minimum absolute atomic E-state index is 0.430. The summed E-state index contributed by atoms with van der Waals surface area (Å²) in [5.74, 6) is 1.92. The summed E-state index contributed by atoms with van der Waals surface area (Å²) in [4.78, 5) is 0. The van der Waals surface area contributed by atoms with Gasteiger partial charge in [-0.05, 0) is 50.2 Å². The molecule has 0 radical (unpaired) electrons. The molecule has 20 heavy (non-hydrogen) atoms. The molecule has 1 aromatic heterocycles. The van der Waals surface area contributed by atoms with Gasteiger partial charge in [-0.2, -0.15) is 0 Å². The molecule has 2 nitrogen and oxygen atoms in total. The first-order valence-electron chi connectivity index (χ1n) is 6.87. The van der Waals surface area contributed by atoms with Crippen LogP contribution in [0.3, 0.4) is 0 Å². The Morgan fingerprint density at radius 2 is 2.00 bits per heavy atom. The smallest absolute Gasteiger partial charge is 0.135 e. The van der Waals surface area contributed by atoms with Crippen LogP contribution in [0.25, 0.3) is 11.3 Å². The molecule has 1 unspecified atom stereocenters. The quantitative estimate of drug-likeness (QED) is 0.701. The highest BCUT2D eigenvalue weighted by atomic mass is 79.9. The van der Waals surface area contributed by atoms with Gasteiger partial charge in [-0.3, -0.25) is 0 Å². The number of furan rings is 1. The number of hydrogen-bond donors (Lipinski definition) is 1. The summed E-state index contributed by atoms with van der Waals surface area (Å²) < 4.78 is 8.05. The summed E-state index contributed by atoms with van der Waals surface area (Å²) in [6.45, 7) is 5.41. The fraction of sp³-hybridized carbons (Fsp3) is 0.375. The minimum atomic E-state index is 0.430. The zero-order valence-electron chi connectivity index (χ0n) is 11.7. The Balaban J connectivity index is 2.10. The van der Waals surface area contributed by atoms with E-state index in [0.29, 0.717) is 6.04 Å². The van der Waals surface area contributed by atoms with Gasteiger partial charge in [-0.1, -0.05) is 38.8 Å². The number of rotatable bonds is 6. The van der Waals surface area contributed by atoms with Gasteiger partial charge in [-0.25, -0.2) is 0 Å². The van der Waals surface area contributed by atoms with Crippen molar-refractivity contribution >= 4 is 31.9 Å². The van der Waals surface area contributed by atoms with Crippen molar-refractivity contribution in [3.63, 3.8) is 0 Å². The molecule has 2 aromatic rings. The Labute approximate surface area is 137 Å². The van der Waals surface area contributed by atoms with Gasteiger partial charge in [0.15, 0.2) is 0 Å². The van der Waals surface area contributed by atoms with E-state index in [1.165, 1.54) is 0 Å². The molecule has 0 spiro atoms. The van der Waals surface area contributed by atoms with Gasteiger partial charge < -0.3 is 9.73 Å². The largest absolute Gasteiger partial charge is 0.461 e. The molecule has 0 aliphatic rings. The van der Waals surface area contributed by atoms with E-state index in [2.05, 4.69) is 63.2 Å². The maximum Gasteiger partial charge on any atom is 0.135 e. The van der Waals surface area contributed by atoms with Crippen LogP contribution in [0.5, 0.6) is 0 Å². The first-order chi connectivity index (χ1) is 9.60. The van der Waals surface area contributed by atoms with Crippen LogP contribution in [0.2, 0.25) is 0 Å².